The first-order valence-corrected chi connectivity index (χ1v) is 4.57. The normalized spacial score (nSPS) is 9.93. The predicted octanol–water partition coefficient (Wildman–Crippen LogP) is 2.30. The van der Waals surface area contributed by atoms with E-state index < -0.39 is 0 Å². The Morgan fingerprint density at radius 3 is 2.47 bits per heavy atom. The van der Waals surface area contributed by atoms with Gasteiger partial charge in [-0.05, 0) is 0 Å². The molecule has 0 saturated heterocycles. The number of halogens is 1. The molecule has 0 radical (unpaired) electrons. The van der Waals surface area contributed by atoms with Gasteiger partial charge in [0.2, 0.25) is 0 Å². The first kappa shape index (κ1) is 11.7. The van der Waals surface area contributed by atoms with Crippen molar-refractivity contribution in [3.8, 4) is 11.5 Å². The summed E-state index contributed by atoms with van der Waals surface area (Å²) in [5, 5.41) is 0. The number of benzene rings is 1. The van der Waals surface area contributed by atoms with E-state index in [1.165, 1.54) is 19.2 Å². The molecule has 80 valence electrons. The summed E-state index contributed by atoms with van der Waals surface area (Å²) in [6, 6.07) is 2.70. The average molecular weight is 210 g/mol. The Labute approximate surface area is 88.5 Å². The molecule has 5 heteroatoms. The summed E-state index contributed by atoms with van der Waals surface area (Å²) in [6.07, 6.45) is 0. The topological polar surface area (TPSA) is 35.5 Å². The molecule has 0 amide bonds. The summed E-state index contributed by atoms with van der Waals surface area (Å²) in [5.74, 6) is 0.103. The molecule has 0 spiro atoms. The van der Waals surface area contributed by atoms with Gasteiger partial charge >= 0.3 is 87.7 Å². The molecule has 0 atom stereocenters. The van der Waals surface area contributed by atoms with E-state index in [4.69, 9.17) is 9.39 Å². The Morgan fingerprint density at radius 1 is 1.33 bits per heavy atom. The Morgan fingerprint density at radius 2 is 2.00 bits per heavy atom. The summed E-state index contributed by atoms with van der Waals surface area (Å²) >= 11 is 0. The van der Waals surface area contributed by atoms with E-state index in [2.05, 4.69) is 0 Å². The van der Waals surface area contributed by atoms with Crippen molar-refractivity contribution in [3.05, 3.63) is 23.5 Å². The molecule has 1 aromatic carbocycles. The Balaban J connectivity index is 3.23. The van der Waals surface area contributed by atoms with Crippen molar-refractivity contribution >= 4 is 7.35 Å². The SMILES string of the molecule is COc1cc(F)c(C(C)C)cc1OB=O. The van der Waals surface area contributed by atoms with E-state index in [-0.39, 0.29) is 23.2 Å². The van der Waals surface area contributed by atoms with Gasteiger partial charge in [-0.25, -0.2) is 0 Å². The number of ether oxygens (including phenoxy) is 1. The molecule has 0 unspecified atom stereocenters. The van der Waals surface area contributed by atoms with Crippen LogP contribution in [0, 0.1) is 5.82 Å². The molecule has 0 bridgehead atoms. The van der Waals surface area contributed by atoms with Gasteiger partial charge in [0.25, 0.3) is 0 Å². The van der Waals surface area contributed by atoms with Gasteiger partial charge in [0.05, 0.1) is 0 Å². The average Bonchev–Trinajstić information content (AvgIpc) is 2.20. The van der Waals surface area contributed by atoms with Gasteiger partial charge in [0.15, 0.2) is 0 Å². The number of rotatable bonds is 4. The maximum atomic E-state index is 13.5. The van der Waals surface area contributed by atoms with Gasteiger partial charge in [-0.15, -0.1) is 0 Å². The number of methoxy groups -OCH3 is 1. The minimum absolute atomic E-state index is 0.0184. The fraction of sp³-hybridized carbons (Fsp3) is 0.400. The van der Waals surface area contributed by atoms with Crippen molar-refractivity contribution in [2.24, 2.45) is 0 Å². The molecule has 1 rings (SSSR count). The molecule has 3 nitrogen and oxygen atoms in total. The minimum atomic E-state index is -0.361. The van der Waals surface area contributed by atoms with Crippen molar-refractivity contribution in [2.45, 2.75) is 19.8 Å². The first-order valence-electron chi connectivity index (χ1n) is 4.57. The van der Waals surface area contributed by atoms with Crippen LogP contribution in [0.15, 0.2) is 12.1 Å². The van der Waals surface area contributed by atoms with Crippen molar-refractivity contribution in [2.75, 3.05) is 7.11 Å². The van der Waals surface area contributed by atoms with E-state index in [1.807, 2.05) is 13.8 Å². The molecule has 0 heterocycles. The molecule has 0 aliphatic carbocycles. The van der Waals surface area contributed by atoms with Gasteiger partial charge in [-0.2, -0.15) is 0 Å². The monoisotopic (exact) mass is 210 g/mol. The quantitative estimate of drug-likeness (QED) is 0.715. The molecule has 0 aliphatic rings. The van der Waals surface area contributed by atoms with Crippen molar-refractivity contribution in [1.29, 1.82) is 0 Å². The van der Waals surface area contributed by atoms with Crippen molar-refractivity contribution in [1.82, 2.24) is 0 Å². The summed E-state index contributed by atoms with van der Waals surface area (Å²) in [4.78, 5) is 0. The van der Waals surface area contributed by atoms with E-state index in [0.29, 0.717) is 12.9 Å². The first-order chi connectivity index (χ1) is 7.10. The van der Waals surface area contributed by atoms with Crippen LogP contribution in [-0.2, 0) is 4.70 Å². The second-order valence-corrected chi connectivity index (χ2v) is 3.39. The van der Waals surface area contributed by atoms with Crippen LogP contribution in [0.2, 0.25) is 0 Å². The standard InChI is InChI=1S/C10H12BFO3/c1-6(2)7-4-10(15-11-13)9(14-3)5-8(7)12/h4-6H,1-3H3. The molecular formula is C10H12BFO3. The van der Waals surface area contributed by atoms with Crippen molar-refractivity contribution in [3.63, 3.8) is 0 Å². The van der Waals surface area contributed by atoms with Crippen LogP contribution in [0.3, 0.4) is 0 Å². The molecule has 0 aromatic heterocycles. The second-order valence-electron chi connectivity index (χ2n) is 3.39. The van der Waals surface area contributed by atoms with Crippen LogP contribution in [0.1, 0.15) is 25.3 Å². The molecule has 0 fully saturated rings. The van der Waals surface area contributed by atoms with Crippen LogP contribution < -0.4 is 9.39 Å². The molecule has 1 aromatic rings. The molecule has 0 aliphatic heterocycles. The molecular weight excluding hydrogens is 198 g/mol. The van der Waals surface area contributed by atoms with Gasteiger partial charge < -0.3 is 0 Å². The zero-order valence-corrected chi connectivity index (χ0v) is 8.91. The van der Waals surface area contributed by atoms with Crippen LogP contribution in [-0.4, -0.2) is 14.5 Å². The third-order valence-corrected chi connectivity index (χ3v) is 2.08. The van der Waals surface area contributed by atoms with Gasteiger partial charge in [0, 0.05) is 0 Å². The fourth-order valence-corrected chi connectivity index (χ4v) is 1.30. The van der Waals surface area contributed by atoms with Crippen LogP contribution in [0.25, 0.3) is 0 Å². The summed E-state index contributed by atoms with van der Waals surface area (Å²) < 4.78 is 33.3. The molecule has 0 saturated carbocycles. The zero-order valence-electron chi connectivity index (χ0n) is 8.91. The third kappa shape index (κ3) is 2.55. The summed E-state index contributed by atoms with van der Waals surface area (Å²) in [5.41, 5.74) is 0.493. The van der Waals surface area contributed by atoms with E-state index in [9.17, 15) is 9.10 Å². The van der Waals surface area contributed by atoms with Crippen molar-refractivity contribution < 1.29 is 18.5 Å². The van der Waals surface area contributed by atoms with Crippen LogP contribution in [0.5, 0.6) is 11.5 Å². The predicted molar refractivity (Wildman–Crippen MR) is 54.1 cm³/mol. The number of hydrogen-bond donors (Lipinski definition) is 0. The third-order valence-electron chi connectivity index (χ3n) is 2.08. The van der Waals surface area contributed by atoms with E-state index in [1.54, 1.807) is 0 Å². The maximum absolute atomic E-state index is 13.5. The number of hydrogen-bond acceptors (Lipinski definition) is 3. The fourth-order valence-electron chi connectivity index (χ4n) is 1.30. The summed E-state index contributed by atoms with van der Waals surface area (Å²) in [6.45, 7) is 3.71. The van der Waals surface area contributed by atoms with Gasteiger partial charge in [-0.3, -0.25) is 0 Å². The van der Waals surface area contributed by atoms with Crippen LogP contribution in [0.4, 0.5) is 4.39 Å². The van der Waals surface area contributed by atoms with E-state index >= 15 is 0 Å². The van der Waals surface area contributed by atoms with Gasteiger partial charge in [-0.1, -0.05) is 0 Å². The Hall–Kier alpha value is -1.39. The summed E-state index contributed by atoms with van der Waals surface area (Å²) in [7, 11) is 1.68. The van der Waals surface area contributed by atoms with E-state index in [0.717, 1.165) is 0 Å². The van der Waals surface area contributed by atoms with Crippen LogP contribution >= 0.6 is 0 Å². The molecule has 15 heavy (non-hydrogen) atoms. The zero-order chi connectivity index (χ0) is 11.4. The van der Waals surface area contributed by atoms with Gasteiger partial charge in [0.1, 0.15) is 0 Å². The Kier molecular flexibility index (Phi) is 3.83. The molecule has 0 N–H and O–H groups in total. The second kappa shape index (κ2) is 4.91. The Bertz CT molecular complexity index is 366.